The highest BCUT2D eigenvalue weighted by atomic mass is 16.5. The Morgan fingerprint density at radius 1 is 0.912 bits per heavy atom. The highest BCUT2D eigenvalue weighted by Crippen LogP contribution is 2.32. The third-order valence-electron chi connectivity index (χ3n) is 7.80. The minimum Gasteiger partial charge on any atom is -0.459 e. The second-order valence-electron chi connectivity index (χ2n) is 10.6. The lowest BCUT2D eigenvalue weighted by atomic mass is 9.80. The van der Waals surface area contributed by atoms with Crippen molar-refractivity contribution in [3.05, 3.63) is 47.5 Å². The molecule has 1 aromatic carbocycles. The SMILES string of the molecule is CCCCCc1ccc(C(=O)O[C@H]2CC[C@H](C#C/C=C/[C@H]3CC[C@H](CCCC)CC3)CC2)cc1. The van der Waals surface area contributed by atoms with Crippen molar-refractivity contribution < 1.29 is 9.53 Å². The Hall–Kier alpha value is -2.01. The molecule has 0 aromatic heterocycles. The number of unbranched alkanes of at least 4 members (excludes halogenated alkanes) is 3. The molecular weight excluding hydrogens is 416 g/mol. The molecule has 2 aliphatic carbocycles. The molecule has 0 radical (unpaired) electrons. The average molecular weight is 463 g/mol. The molecular formula is C32H46O2. The van der Waals surface area contributed by atoms with Gasteiger partial charge in [0, 0.05) is 5.92 Å². The van der Waals surface area contributed by atoms with Gasteiger partial charge < -0.3 is 4.74 Å². The lowest BCUT2D eigenvalue weighted by molar-refractivity contribution is 0.0188. The van der Waals surface area contributed by atoms with Crippen molar-refractivity contribution in [2.45, 2.75) is 116 Å². The summed E-state index contributed by atoms with van der Waals surface area (Å²) in [5.41, 5.74) is 1.98. The van der Waals surface area contributed by atoms with E-state index >= 15 is 0 Å². The molecule has 0 spiro atoms. The zero-order valence-electron chi connectivity index (χ0n) is 21.7. The monoisotopic (exact) mass is 462 g/mol. The Balaban J connectivity index is 1.33. The molecule has 0 atom stereocenters. The first kappa shape index (κ1) is 26.6. The standard InChI is InChI=1S/C32H46O2/c1-3-5-7-11-28-18-22-30(23-19-28)32(33)34-31-24-20-29(21-25-31)13-9-8-12-27-16-14-26(15-17-27)10-6-4-2/h8,12,18-19,22-23,26-27,29,31H,3-7,10-11,14-17,20-21,24-25H2,1-2H3/b12-8+/t26-,27-,29-,31-. The second-order valence-corrected chi connectivity index (χ2v) is 10.6. The fourth-order valence-electron chi connectivity index (χ4n) is 5.44. The summed E-state index contributed by atoms with van der Waals surface area (Å²) in [7, 11) is 0. The van der Waals surface area contributed by atoms with Crippen LogP contribution in [-0.4, -0.2) is 12.1 Å². The summed E-state index contributed by atoms with van der Waals surface area (Å²) in [6, 6.07) is 7.99. The zero-order chi connectivity index (χ0) is 24.0. The van der Waals surface area contributed by atoms with Gasteiger partial charge in [-0.3, -0.25) is 0 Å². The van der Waals surface area contributed by atoms with Crippen LogP contribution in [0.1, 0.15) is 120 Å². The maximum Gasteiger partial charge on any atom is 0.338 e. The summed E-state index contributed by atoms with van der Waals surface area (Å²) in [4.78, 5) is 12.5. The van der Waals surface area contributed by atoms with Crippen LogP contribution in [0.25, 0.3) is 0 Å². The van der Waals surface area contributed by atoms with E-state index in [1.54, 1.807) is 0 Å². The van der Waals surface area contributed by atoms with Gasteiger partial charge in [-0.1, -0.05) is 76.0 Å². The fourth-order valence-corrected chi connectivity index (χ4v) is 5.44. The highest BCUT2D eigenvalue weighted by molar-refractivity contribution is 5.89. The van der Waals surface area contributed by atoms with Crippen LogP contribution >= 0.6 is 0 Å². The zero-order valence-corrected chi connectivity index (χ0v) is 21.7. The first-order valence-electron chi connectivity index (χ1n) is 14.2. The smallest absolute Gasteiger partial charge is 0.338 e. The number of ether oxygens (including phenoxy) is 1. The number of hydrogen-bond acceptors (Lipinski definition) is 2. The number of esters is 1. The maximum atomic E-state index is 12.5. The van der Waals surface area contributed by atoms with Crippen LogP contribution in [0.3, 0.4) is 0 Å². The maximum absolute atomic E-state index is 12.5. The molecule has 2 saturated carbocycles. The summed E-state index contributed by atoms with van der Waals surface area (Å²) in [6.07, 6.45) is 22.8. The molecule has 2 nitrogen and oxygen atoms in total. The number of carbonyl (C=O) groups is 1. The van der Waals surface area contributed by atoms with E-state index in [-0.39, 0.29) is 12.1 Å². The van der Waals surface area contributed by atoms with Crippen molar-refractivity contribution in [2.24, 2.45) is 17.8 Å². The summed E-state index contributed by atoms with van der Waals surface area (Å²) in [5, 5.41) is 0. The van der Waals surface area contributed by atoms with Crippen molar-refractivity contribution in [1.82, 2.24) is 0 Å². The molecule has 0 aliphatic heterocycles. The number of hydrogen-bond donors (Lipinski definition) is 0. The van der Waals surface area contributed by atoms with Crippen LogP contribution < -0.4 is 0 Å². The molecule has 0 N–H and O–H groups in total. The van der Waals surface area contributed by atoms with E-state index in [4.69, 9.17) is 4.74 Å². The van der Waals surface area contributed by atoms with Gasteiger partial charge in [0.1, 0.15) is 6.10 Å². The Morgan fingerprint density at radius 3 is 2.29 bits per heavy atom. The van der Waals surface area contributed by atoms with Crippen molar-refractivity contribution in [3.63, 3.8) is 0 Å². The van der Waals surface area contributed by atoms with Crippen LogP contribution in [-0.2, 0) is 11.2 Å². The molecule has 34 heavy (non-hydrogen) atoms. The number of allylic oxidation sites excluding steroid dienone is 2. The Labute approximate surface area is 208 Å². The predicted octanol–water partition coefficient (Wildman–Crippen LogP) is 8.69. The third-order valence-corrected chi connectivity index (χ3v) is 7.80. The van der Waals surface area contributed by atoms with Crippen molar-refractivity contribution in [3.8, 4) is 11.8 Å². The van der Waals surface area contributed by atoms with Gasteiger partial charge >= 0.3 is 5.97 Å². The summed E-state index contributed by atoms with van der Waals surface area (Å²) in [5.74, 6) is 8.72. The van der Waals surface area contributed by atoms with E-state index in [9.17, 15) is 4.79 Å². The number of aryl methyl sites for hydroxylation is 1. The van der Waals surface area contributed by atoms with Crippen LogP contribution in [0.15, 0.2) is 36.4 Å². The van der Waals surface area contributed by atoms with Crippen LogP contribution in [0.4, 0.5) is 0 Å². The molecule has 0 unspecified atom stereocenters. The van der Waals surface area contributed by atoms with E-state index in [1.165, 1.54) is 69.8 Å². The summed E-state index contributed by atoms with van der Waals surface area (Å²) in [6.45, 7) is 4.51. The predicted molar refractivity (Wildman–Crippen MR) is 143 cm³/mol. The van der Waals surface area contributed by atoms with Crippen LogP contribution in [0.2, 0.25) is 0 Å². The van der Waals surface area contributed by atoms with Gasteiger partial charge in [0.05, 0.1) is 5.56 Å². The van der Waals surface area contributed by atoms with Gasteiger partial charge in [-0.25, -0.2) is 4.79 Å². The molecule has 186 valence electrons. The van der Waals surface area contributed by atoms with Crippen molar-refractivity contribution in [2.75, 3.05) is 0 Å². The molecule has 1 aromatic rings. The van der Waals surface area contributed by atoms with Crippen LogP contribution in [0.5, 0.6) is 0 Å². The molecule has 0 amide bonds. The van der Waals surface area contributed by atoms with Crippen LogP contribution in [0, 0.1) is 29.6 Å². The lowest BCUT2D eigenvalue weighted by Crippen LogP contribution is -2.24. The van der Waals surface area contributed by atoms with Gasteiger partial charge in [0.2, 0.25) is 0 Å². The summed E-state index contributed by atoms with van der Waals surface area (Å²) < 4.78 is 5.80. The van der Waals surface area contributed by atoms with E-state index < -0.39 is 0 Å². The Bertz CT molecular complexity index is 794. The van der Waals surface area contributed by atoms with E-state index in [1.807, 2.05) is 12.1 Å². The number of rotatable bonds is 10. The minimum atomic E-state index is -0.179. The largest absolute Gasteiger partial charge is 0.459 e. The summed E-state index contributed by atoms with van der Waals surface area (Å²) >= 11 is 0. The topological polar surface area (TPSA) is 26.3 Å². The Kier molecular flexibility index (Phi) is 11.8. The quantitative estimate of drug-likeness (QED) is 0.197. The first-order valence-corrected chi connectivity index (χ1v) is 14.2. The van der Waals surface area contributed by atoms with Gasteiger partial charge in [0.25, 0.3) is 0 Å². The molecule has 0 heterocycles. The molecule has 3 rings (SSSR count). The van der Waals surface area contributed by atoms with E-state index in [0.717, 1.165) is 43.9 Å². The van der Waals surface area contributed by atoms with Gasteiger partial charge in [-0.15, -0.1) is 0 Å². The number of carbonyl (C=O) groups excluding carboxylic acids is 1. The van der Waals surface area contributed by atoms with E-state index in [2.05, 4.69) is 50.0 Å². The molecule has 2 fully saturated rings. The minimum absolute atomic E-state index is 0.0354. The normalized spacial score (nSPS) is 25.0. The second kappa shape index (κ2) is 15.1. The number of benzene rings is 1. The molecule has 2 aliphatic rings. The average Bonchev–Trinajstić information content (AvgIpc) is 2.87. The lowest BCUT2D eigenvalue weighted by Gasteiger charge is -2.26. The van der Waals surface area contributed by atoms with E-state index in [0.29, 0.717) is 11.5 Å². The fraction of sp³-hybridized carbons (Fsp3) is 0.656. The molecule has 2 heteroatoms. The molecule has 0 saturated heterocycles. The van der Waals surface area contributed by atoms with Gasteiger partial charge in [-0.05, 0) is 99.8 Å². The first-order chi connectivity index (χ1) is 16.7. The molecule has 0 bridgehead atoms. The Morgan fingerprint density at radius 2 is 1.62 bits per heavy atom. The van der Waals surface area contributed by atoms with Crippen molar-refractivity contribution in [1.29, 1.82) is 0 Å². The van der Waals surface area contributed by atoms with Gasteiger partial charge in [-0.2, -0.15) is 0 Å². The highest BCUT2D eigenvalue weighted by Gasteiger charge is 2.23. The van der Waals surface area contributed by atoms with Gasteiger partial charge in [0.15, 0.2) is 0 Å². The van der Waals surface area contributed by atoms with Crippen molar-refractivity contribution >= 4 is 5.97 Å². The third kappa shape index (κ3) is 9.32.